The predicted molar refractivity (Wildman–Crippen MR) is 62.7 cm³/mol. The summed E-state index contributed by atoms with van der Waals surface area (Å²) in [5.74, 6) is 0.537. The van der Waals surface area contributed by atoms with Gasteiger partial charge in [-0.1, -0.05) is 6.07 Å². The second-order valence-electron chi connectivity index (χ2n) is 3.87. The highest BCUT2D eigenvalue weighted by molar-refractivity contribution is 6.01. The lowest BCUT2D eigenvalue weighted by Gasteiger charge is -2.22. The average Bonchev–Trinajstić information content (AvgIpc) is 2.78. The van der Waals surface area contributed by atoms with Gasteiger partial charge in [0.15, 0.2) is 0 Å². The number of amides is 1. The Morgan fingerprint density at radius 2 is 2.29 bits per heavy atom. The van der Waals surface area contributed by atoms with Crippen LogP contribution in [-0.2, 0) is 11.2 Å². The number of hydrogen-bond acceptors (Lipinski definition) is 4. The molecule has 3 heterocycles. The number of rotatable bonds is 2. The van der Waals surface area contributed by atoms with Gasteiger partial charge in [-0.05, 0) is 12.1 Å². The molecule has 1 aliphatic rings. The van der Waals surface area contributed by atoms with Crippen molar-refractivity contribution in [1.29, 1.82) is 0 Å². The Kier molecular flexibility index (Phi) is 2.29. The number of furan rings is 1. The number of nitrogens with zero attached hydrogens (tertiary/aromatic N) is 1. The minimum Gasteiger partial charge on any atom is -0.447 e. The Labute approximate surface area is 97.9 Å². The van der Waals surface area contributed by atoms with Crippen molar-refractivity contribution >= 4 is 17.5 Å². The lowest BCUT2D eigenvalue weighted by atomic mass is 10.1. The van der Waals surface area contributed by atoms with Crippen LogP contribution in [0.3, 0.4) is 0 Å². The van der Waals surface area contributed by atoms with Crippen molar-refractivity contribution in [2.24, 2.45) is 0 Å². The molecule has 3 rings (SSSR count). The molecule has 2 N–H and O–H groups in total. The third kappa shape index (κ3) is 1.87. The van der Waals surface area contributed by atoms with E-state index in [0.29, 0.717) is 18.0 Å². The van der Waals surface area contributed by atoms with Gasteiger partial charge in [-0.2, -0.15) is 0 Å². The van der Waals surface area contributed by atoms with Crippen molar-refractivity contribution in [2.45, 2.75) is 12.5 Å². The molecule has 0 spiro atoms. The molecule has 0 saturated heterocycles. The van der Waals surface area contributed by atoms with Crippen molar-refractivity contribution < 1.29 is 9.21 Å². The van der Waals surface area contributed by atoms with Crippen molar-refractivity contribution in [2.75, 3.05) is 10.6 Å². The highest BCUT2D eigenvalue weighted by Crippen LogP contribution is 2.28. The largest absolute Gasteiger partial charge is 0.447 e. The summed E-state index contributed by atoms with van der Waals surface area (Å²) in [5, 5.41) is 5.84. The molecule has 2 aromatic rings. The van der Waals surface area contributed by atoms with Crippen molar-refractivity contribution in [3.05, 3.63) is 42.4 Å². The van der Waals surface area contributed by atoms with E-state index in [1.807, 2.05) is 18.2 Å². The van der Waals surface area contributed by atoms with Gasteiger partial charge in [-0.15, -0.1) is 0 Å². The van der Waals surface area contributed by atoms with E-state index in [4.69, 9.17) is 4.42 Å². The van der Waals surface area contributed by atoms with Crippen LogP contribution < -0.4 is 10.6 Å². The first kappa shape index (κ1) is 9.89. The van der Waals surface area contributed by atoms with E-state index in [-0.39, 0.29) is 11.9 Å². The monoisotopic (exact) mass is 229 g/mol. The van der Waals surface area contributed by atoms with Crippen molar-refractivity contribution in [3.63, 3.8) is 0 Å². The first-order chi connectivity index (χ1) is 8.33. The molecule has 0 radical (unpaired) electrons. The zero-order chi connectivity index (χ0) is 11.7. The fraction of sp³-hybridized carbons (Fsp3) is 0.167. The van der Waals surface area contributed by atoms with Gasteiger partial charge in [-0.25, -0.2) is 0 Å². The third-order valence-electron chi connectivity index (χ3n) is 2.68. The fourth-order valence-corrected chi connectivity index (χ4v) is 1.83. The molecule has 0 saturated carbocycles. The van der Waals surface area contributed by atoms with Crippen LogP contribution in [0, 0.1) is 0 Å². The second-order valence-corrected chi connectivity index (χ2v) is 3.87. The molecule has 1 aliphatic heterocycles. The minimum absolute atomic E-state index is 0.0652. The fourth-order valence-electron chi connectivity index (χ4n) is 1.83. The number of nitrogens with one attached hydrogen (secondary N) is 2. The molecule has 1 amide bonds. The SMILES string of the molecule is O=C1Nc2ccoc2NC1Cc1ccccn1. The number of aromatic nitrogens is 1. The molecular formula is C12H11N3O2. The van der Waals surface area contributed by atoms with E-state index in [9.17, 15) is 4.79 Å². The van der Waals surface area contributed by atoms with Crippen LogP contribution in [0.4, 0.5) is 11.6 Å². The van der Waals surface area contributed by atoms with E-state index in [0.717, 1.165) is 5.69 Å². The van der Waals surface area contributed by atoms with Gasteiger partial charge in [-0.3, -0.25) is 9.78 Å². The molecule has 0 aromatic carbocycles. The van der Waals surface area contributed by atoms with Crippen molar-refractivity contribution in [3.8, 4) is 0 Å². The summed E-state index contributed by atoms with van der Waals surface area (Å²) >= 11 is 0. The Morgan fingerprint density at radius 1 is 1.35 bits per heavy atom. The van der Waals surface area contributed by atoms with Gasteiger partial charge in [0.1, 0.15) is 11.7 Å². The average molecular weight is 229 g/mol. The molecule has 86 valence electrons. The minimum atomic E-state index is -0.344. The predicted octanol–water partition coefficient (Wildman–Crippen LogP) is 1.65. The Balaban J connectivity index is 1.79. The molecule has 17 heavy (non-hydrogen) atoms. The summed E-state index contributed by atoms with van der Waals surface area (Å²) in [4.78, 5) is 16.0. The molecule has 0 bridgehead atoms. The molecule has 5 nitrogen and oxygen atoms in total. The van der Waals surface area contributed by atoms with E-state index in [1.165, 1.54) is 0 Å². The zero-order valence-electron chi connectivity index (χ0n) is 9.01. The second kappa shape index (κ2) is 3.93. The van der Waals surface area contributed by atoms with E-state index in [2.05, 4.69) is 15.6 Å². The van der Waals surface area contributed by atoms with Crippen LogP contribution >= 0.6 is 0 Å². The van der Waals surface area contributed by atoms with Crippen LogP contribution in [-0.4, -0.2) is 16.9 Å². The summed E-state index contributed by atoms with van der Waals surface area (Å²) < 4.78 is 5.23. The Morgan fingerprint density at radius 3 is 3.12 bits per heavy atom. The number of hydrogen-bond donors (Lipinski definition) is 2. The van der Waals surface area contributed by atoms with Crippen LogP contribution in [0.1, 0.15) is 5.69 Å². The molecule has 1 unspecified atom stereocenters. The third-order valence-corrected chi connectivity index (χ3v) is 2.68. The molecule has 2 aromatic heterocycles. The molecule has 1 atom stereocenters. The van der Waals surface area contributed by atoms with Gasteiger partial charge in [0.25, 0.3) is 0 Å². The van der Waals surface area contributed by atoms with E-state index in [1.54, 1.807) is 18.5 Å². The van der Waals surface area contributed by atoms with Gasteiger partial charge in [0, 0.05) is 24.4 Å². The van der Waals surface area contributed by atoms with Crippen LogP contribution in [0.5, 0.6) is 0 Å². The molecule has 5 heteroatoms. The van der Waals surface area contributed by atoms with E-state index < -0.39 is 0 Å². The topological polar surface area (TPSA) is 67.2 Å². The number of anilines is 2. The number of fused-ring (bicyclic) bond motifs is 1. The van der Waals surface area contributed by atoms with E-state index >= 15 is 0 Å². The summed E-state index contributed by atoms with van der Waals surface area (Å²) in [5.41, 5.74) is 1.56. The van der Waals surface area contributed by atoms with Crippen LogP contribution in [0.2, 0.25) is 0 Å². The maximum atomic E-state index is 11.8. The summed E-state index contributed by atoms with van der Waals surface area (Å²) in [6.07, 6.45) is 3.79. The summed E-state index contributed by atoms with van der Waals surface area (Å²) in [7, 11) is 0. The maximum Gasteiger partial charge on any atom is 0.247 e. The van der Waals surface area contributed by atoms with Crippen LogP contribution in [0.15, 0.2) is 41.1 Å². The van der Waals surface area contributed by atoms with Gasteiger partial charge < -0.3 is 15.1 Å². The number of carbonyl (C=O) groups is 1. The zero-order valence-corrected chi connectivity index (χ0v) is 9.01. The highest BCUT2D eigenvalue weighted by atomic mass is 16.3. The maximum absolute atomic E-state index is 11.8. The van der Waals surface area contributed by atoms with Gasteiger partial charge in [0.05, 0.1) is 6.26 Å². The molecule has 0 fully saturated rings. The summed E-state index contributed by atoms with van der Waals surface area (Å²) in [6, 6.07) is 7.02. The Hall–Kier alpha value is -2.30. The first-order valence-corrected chi connectivity index (χ1v) is 5.38. The van der Waals surface area contributed by atoms with Crippen LogP contribution in [0.25, 0.3) is 0 Å². The molecule has 0 aliphatic carbocycles. The van der Waals surface area contributed by atoms with Crippen molar-refractivity contribution in [1.82, 2.24) is 4.98 Å². The van der Waals surface area contributed by atoms with Gasteiger partial charge in [0.2, 0.25) is 11.8 Å². The Bertz CT molecular complexity index is 536. The smallest absolute Gasteiger partial charge is 0.247 e. The first-order valence-electron chi connectivity index (χ1n) is 5.38. The lowest BCUT2D eigenvalue weighted by Crippen LogP contribution is -2.40. The standard InChI is InChI=1S/C12H11N3O2/c16-11-10(7-8-3-1-2-5-13-8)15-12-9(14-11)4-6-17-12/h1-6,10,15H,7H2,(H,14,16). The highest BCUT2D eigenvalue weighted by Gasteiger charge is 2.27. The number of pyridine rings is 1. The van der Waals surface area contributed by atoms with Gasteiger partial charge >= 0.3 is 0 Å². The number of carbonyl (C=O) groups excluding carboxylic acids is 1. The molecular weight excluding hydrogens is 218 g/mol. The summed E-state index contributed by atoms with van der Waals surface area (Å²) in [6.45, 7) is 0. The quantitative estimate of drug-likeness (QED) is 0.821. The normalized spacial score (nSPS) is 18.1. The lowest BCUT2D eigenvalue weighted by molar-refractivity contribution is -0.117.